The lowest BCUT2D eigenvalue weighted by atomic mass is 9.82. The first-order valence-corrected chi connectivity index (χ1v) is 9.73. The van der Waals surface area contributed by atoms with E-state index in [0.29, 0.717) is 5.41 Å². The van der Waals surface area contributed by atoms with Gasteiger partial charge in [0.1, 0.15) is 0 Å². The molecule has 0 saturated heterocycles. The van der Waals surface area contributed by atoms with Crippen LogP contribution in [0.25, 0.3) is 0 Å². The van der Waals surface area contributed by atoms with Gasteiger partial charge in [-0.05, 0) is 42.7 Å². The molecule has 0 bridgehead atoms. The molecule has 122 valence electrons. The summed E-state index contributed by atoms with van der Waals surface area (Å²) in [5.41, 5.74) is 2.28. The van der Waals surface area contributed by atoms with Crippen molar-refractivity contribution < 1.29 is 0 Å². The zero-order valence-corrected chi connectivity index (χ0v) is 16.3. The van der Waals surface area contributed by atoms with Gasteiger partial charge >= 0.3 is 0 Å². The lowest BCUT2D eigenvalue weighted by Gasteiger charge is -2.25. The van der Waals surface area contributed by atoms with Crippen LogP contribution >= 0.6 is 11.3 Å². The minimum absolute atomic E-state index is 0.283. The van der Waals surface area contributed by atoms with Gasteiger partial charge in [-0.2, -0.15) is 0 Å². The molecule has 0 aliphatic heterocycles. The SMILES string of the molecule is CCCCCCc1cc(C(C)(CC)CC)sc1C(C)(C)C. The summed E-state index contributed by atoms with van der Waals surface area (Å²) >= 11 is 2.09. The molecule has 0 aliphatic rings. The second-order valence-corrected chi connectivity index (χ2v) is 8.85. The van der Waals surface area contributed by atoms with Crippen molar-refractivity contribution in [2.45, 2.75) is 104 Å². The van der Waals surface area contributed by atoms with E-state index >= 15 is 0 Å². The molecule has 0 aromatic carbocycles. The lowest BCUT2D eigenvalue weighted by Crippen LogP contribution is -2.17. The molecule has 1 heteroatoms. The Morgan fingerprint density at radius 2 is 1.52 bits per heavy atom. The van der Waals surface area contributed by atoms with Crippen LogP contribution in [0.15, 0.2) is 6.07 Å². The van der Waals surface area contributed by atoms with Crippen LogP contribution in [0.5, 0.6) is 0 Å². The van der Waals surface area contributed by atoms with Crippen LogP contribution in [0.4, 0.5) is 0 Å². The summed E-state index contributed by atoms with van der Waals surface area (Å²) in [6.45, 7) is 16.5. The number of unbranched alkanes of at least 4 members (excludes halogenated alkanes) is 3. The maximum absolute atomic E-state index is 2.55. The number of rotatable bonds is 8. The summed E-state index contributed by atoms with van der Waals surface area (Å²) in [7, 11) is 0. The molecule has 0 unspecified atom stereocenters. The molecule has 1 aromatic rings. The Hall–Kier alpha value is -0.300. The molecule has 0 saturated carbocycles. The summed E-state index contributed by atoms with van der Waals surface area (Å²) in [6, 6.07) is 2.55. The van der Waals surface area contributed by atoms with Gasteiger partial charge in [0.2, 0.25) is 0 Å². The Morgan fingerprint density at radius 3 is 2.00 bits per heavy atom. The van der Waals surface area contributed by atoms with Gasteiger partial charge in [-0.3, -0.25) is 0 Å². The summed E-state index contributed by atoms with van der Waals surface area (Å²) in [5.74, 6) is 0. The fourth-order valence-corrected chi connectivity index (χ4v) is 4.44. The molecule has 1 aromatic heterocycles. The van der Waals surface area contributed by atoms with E-state index in [1.165, 1.54) is 44.9 Å². The number of hydrogen-bond donors (Lipinski definition) is 0. The quantitative estimate of drug-likeness (QED) is 0.444. The van der Waals surface area contributed by atoms with Gasteiger partial charge in [0.25, 0.3) is 0 Å². The standard InChI is InChI=1S/C20H36S/c1-8-11-12-13-14-16-15-17(20(7,9-2)10-3)21-18(16)19(4,5)6/h15H,8-14H2,1-7H3. The largest absolute Gasteiger partial charge is 0.144 e. The van der Waals surface area contributed by atoms with Crippen molar-refractivity contribution in [3.63, 3.8) is 0 Å². The van der Waals surface area contributed by atoms with Crippen molar-refractivity contribution in [3.8, 4) is 0 Å². The molecule has 0 nitrogen and oxygen atoms in total. The second-order valence-electron chi connectivity index (χ2n) is 7.79. The summed E-state index contributed by atoms with van der Waals surface area (Å²) < 4.78 is 0. The fraction of sp³-hybridized carbons (Fsp3) is 0.800. The van der Waals surface area contributed by atoms with E-state index < -0.39 is 0 Å². The van der Waals surface area contributed by atoms with Crippen LogP contribution in [-0.2, 0) is 17.3 Å². The Kier molecular flexibility index (Phi) is 6.97. The smallest absolute Gasteiger partial charge is 0.0134 e. The van der Waals surface area contributed by atoms with E-state index in [2.05, 4.69) is 65.9 Å². The highest BCUT2D eigenvalue weighted by Crippen LogP contribution is 2.42. The maximum Gasteiger partial charge on any atom is 0.0134 e. The molecule has 0 amide bonds. The minimum atomic E-state index is 0.283. The van der Waals surface area contributed by atoms with Gasteiger partial charge in [-0.1, -0.05) is 67.7 Å². The van der Waals surface area contributed by atoms with E-state index in [1.54, 1.807) is 15.3 Å². The molecule has 0 atom stereocenters. The zero-order chi connectivity index (χ0) is 16.1. The topological polar surface area (TPSA) is 0 Å². The molecule has 21 heavy (non-hydrogen) atoms. The van der Waals surface area contributed by atoms with Gasteiger partial charge in [-0.15, -0.1) is 11.3 Å². The molecule has 0 spiro atoms. The second kappa shape index (κ2) is 7.81. The fourth-order valence-electron chi connectivity index (χ4n) is 2.89. The van der Waals surface area contributed by atoms with E-state index in [0.717, 1.165) is 0 Å². The maximum atomic E-state index is 2.55. The van der Waals surface area contributed by atoms with Crippen molar-refractivity contribution in [3.05, 3.63) is 21.4 Å². The predicted octanol–water partition coefficient (Wildman–Crippen LogP) is 7.25. The lowest BCUT2D eigenvalue weighted by molar-refractivity contribution is 0.447. The van der Waals surface area contributed by atoms with Crippen LogP contribution in [0, 0.1) is 0 Å². The van der Waals surface area contributed by atoms with Crippen LogP contribution in [0.3, 0.4) is 0 Å². The number of hydrogen-bond acceptors (Lipinski definition) is 1. The first-order valence-electron chi connectivity index (χ1n) is 8.92. The predicted molar refractivity (Wildman–Crippen MR) is 98.8 cm³/mol. The van der Waals surface area contributed by atoms with Gasteiger partial charge in [0.15, 0.2) is 0 Å². The van der Waals surface area contributed by atoms with Gasteiger partial charge in [0.05, 0.1) is 0 Å². The van der Waals surface area contributed by atoms with Crippen LogP contribution in [0.2, 0.25) is 0 Å². The monoisotopic (exact) mass is 308 g/mol. The van der Waals surface area contributed by atoms with Crippen molar-refractivity contribution in [1.29, 1.82) is 0 Å². The third-order valence-electron chi connectivity index (χ3n) is 4.95. The van der Waals surface area contributed by atoms with Crippen LogP contribution < -0.4 is 0 Å². The third-order valence-corrected chi connectivity index (χ3v) is 6.85. The Labute approximate surface area is 137 Å². The highest BCUT2D eigenvalue weighted by molar-refractivity contribution is 7.12. The zero-order valence-electron chi connectivity index (χ0n) is 15.4. The van der Waals surface area contributed by atoms with E-state index in [-0.39, 0.29) is 5.41 Å². The molecular weight excluding hydrogens is 272 g/mol. The van der Waals surface area contributed by atoms with E-state index in [4.69, 9.17) is 0 Å². The van der Waals surface area contributed by atoms with Gasteiger partial charge in [-0.25, -0.2) is 0 Å². The number of thiophene rings is 1. The van der Waals surface area contributed by atoms with Crippen molar-refractivity contribution in [2.24, 2.45) is 0 Å². The third kappa shape index (κ3) is 4.84. The highest BCUT2D eigenvalue weighted by atomic mass is 32.1. The molecule has 1 rings (SSSR count). The first-order chi connectivity index (χ1) is 9.78. The average molecular weight is 309 g/mol. The van der Waals surface area contributed by atoms with Crippen LogP contribution in [-0.4, -0.2) is 0 Å². The molecule has 1 heterocycles. The van der Waals surface area contributed by atoms with Crippen LogP contribution in [0.1, 0.15) is 102 Å². The van der Waals surface area contributed by atoms with Crippen molar-refractivity contribution in [1.82, 2.24) is 0 Å². The molecule has 0 aliphatic carbocycles. The Morgan fingerprint density at radius 1 is 0.905 bits per heavy atom. The molecule has 0 radical (unpaired) electrons. The average Bonchev–Trinajstić information content (AvgIpc) is 2.87. The first kappa shape index (κ1) is 18.7. The van der Waals surface area contributed by atoms with Gasteiger partial charge in [0, 0.05) is 15.2 Å². The summed E-state index contributed by atoms with van der Waals surface area (Å²) in [5, 5.41) is 0. The van der Waals surface area contributed by atoms with E-state index in [1.807, 2.05) is 0 Å². The van der Waals surface area contributed by atoms with Crippen molar-refractivity contribution >= 4 is 11.3 Å². The van der Waals surface area contributed by atoms with Crippen molar-refractivity contribution in [2.75, 3.05) is 0 Å². The molecule has 0 fully saturated rings. The molecule has 0 N–H and O–H groups in total. The van der Waals surface area contributed by atoms with Gasteiger partial charge < -0.3 is 0 Å². The summed E-state index contributed by atoms with van der Waals surface area (Å²) in [6.07, 6.45) is 9.18. The normalized spacial score (nSPS) is 12.9. The number of aryl methyl sites for hydroxylation is 1. The van der Waals surface area contributed by atoms with E-state index in [9.17, 15) is 0 Å². The molecular formula is C20H36S. The Bertz CT molecular complexity index is 416. The summed E-state index contributed by atoms with van der Waals surface area (Å²) in [4.78, 5) is 3.24. The highest BCUT2D eigenvalue weighted by Gasteiger charge is 2.29. The Balaban J connectivity index is 3.02. The minimum Gasteiger partial charge on any atom is -0.144 e.